The molecule has 0 atom stereocenters. The molecule has 0 fully saturated rings. The Balaban J connectivity index is 2.08. The van der Waals surface area contributed by atoms with Crippen molar-refractivity contribution < 1.29 is 9.90 Å². The number of hydrogen-bond donors (Lipinski definition) is 2. The van der Waals surface area contributed by atoms with Crippen molar-refractivity contribution in [2.45, 2.75) is 26.2 Å². The van der Waals surface area contributed by atoms with E-state index in [1.54, 1.807) is 18.3 Å². The van der Waals surface area contributed by atoms with Gasteiger partial charge in [-0.05, 0) is 24.1 Å². The van der Waals surface area contributed by atoms with Crippen LogP contribution in [0, 0.1) is 0 Å². The summed E-state index contributed by atoms with van der Waals surface area (Å²) in [5.41, 5.74) is 2.15. The van der Waals surface area contributed by atoms with Gasteiger partial charge in [-0.1, -0.05) is 13.8 Å². The topological polar surface area (TPSA) is 80.0 Å². The summed E-state index contributed by atoms with van der Waals surface area (Å²) in [5.74, 6) is -0.156. The zero-order valence-corrected chi connectivity index (χ0v) is 12.5. The van der Waals surface area contributed by atoms with E-state index in [4.69, 9.17) is 5.11 Å². The zero-order chi connectivity index (χ0) is 15.4. The van der Waals surface area contributed by atoms with Crippen LogP contribution in [0.15, 0.2) is 24.4 Å². The summed E-state index contributed by atoms with van der Waals surface area (Å²) in [4.78, 5) is 15.6. The number of aromatic nitrogens is 3. The number of hydrogen-bond acceptors (Lipinski definition) is 4. The number of pyridine rings is 1. The third-order valence-electron chi connectivity index (χ3n) is 3.29. The van der Waals surface area contributed by atoms with Gasteiger partial charge in [0.15, 0.2) is 0 Å². The Morgan fingerprint density at radius 1 is 1.43 bits per heavy atom. The van der Waals surface area contributed by atoms with Gasteiger partial charge < -0.3 is 10.4 Å². The summed E-state index contributed by atoms with van der Waals surface area (Å²) < 4.78 is 1.82. The molecule has 0 unspecified atom stereocenters. The molecule has 0 aliphatic heterocycles. The molecule has 0 amide bonds. The fourth-order valence-electron chi connectivity index (χ4n) is 2.03. The number of carbonyl (C=O) groups is 1. The van der Waals surface area contributed by atoms with Gasteiger partial charge >= 0.3 is 5.97 Å². The second kappa shape index (κ2) is 6.39. The molecule has 112 valence electrons. The van der Waals surface area contributed by atoms with Crippen molar-refractivity contribution >= 4 is 11.8 Å². The predicted octanol–water partition coefficient (Wildman–Crippen LogP) is 2.29. The molecule has 21 heavy (non-hydrogen) atoms. The first-order valence-electron chi connectivity index (χ1n) is 6.93. The maximum absolute atomic E-state index is 11.2. The molecule has 0 saturated heterocycles. The molecule has 2 aromatic heterocycles. The Bertz CT molecular complexity index is 634. The lowest BCUT2D eigenvalue weighted by Gasteiger charge is -2.11. The highest BCUT2D eigenvalue weighted by Gasteiger charge is 2.10. The Morgan fingerprint density at radius 2 is 2.19 bits per heavy atom. The minimum atomic E-state index is -0.936. The molecule has 0 aromatic carbocycles. The van der Waals surface area contributed by atoms with Gasteiger partial charge in [0.2, 0.25) is 0 Å². The Hall–Kier alpha value is -2.37. The first-order valence-corrected chi connectivity index (χ1v) is 6.93. The van der Waals surface area contributed by atoms with Crippen LogP contribution in [0.2, 0.25) is 0 Å². The summed E-state index contributed by atoms with van der Waals surface area (Å²) in [6.07, 6.45) is 2.56. The second-order valence-electron chi connectivity index (χ2n) is 5.25. The molecular weight excluding hydrogens is 268 g/mol. The highest BCUT2D eigenvalue weighted by molar-refractivity contribution is 5.88. The molecule has 2 rings (SSSR count). The number of carboxylic acids is 1. The molecule has 0 aliphatic carbocycles. The molecule has 0 bridgehead atoms. The van der Waals surface area contributed by atoms with Gasteiger partial charge in [-0.25, -0.2) is 9.78 Å². The molecule has 2 N–H and O–H groups in total. The number of nitrogens with zero attached hydrogens (tertiary/aromatic N) is 3. The van der Waals surface area contributed by atoms with E-state index in [9.17, 15) is 4.79 Å². The van der Waals surface area contributed by atoms with E-state index in [-0.39, 0.29) is 11.5 Å². The fourth-order valence-corrected chi connectivity index (χ4v) is 2.03. The van der Waals surface area contributed by atoms with Gasteiger partial charge in [-0.15, -0.1) is 0 Å². The number of carboxylic acid groups (broad SMARTS) is 1. The van der Waals surface area contributed by atoms with Crippen LogP contribution in [0.3, 0.4) is 0 Å². The van der Waals surface area contributed by atoms with Crippen molar-refractivity contribution in [3.8, 4) is 0 Å². The predicted molar refractivity (Wildman–Crippen MR) is 80.7 cm³/mol. The van der Waals surface area contributed by atoms with Gasteiger partial charge in [0.25, 0.3) is 0 Å². The summed E-state index contributed by atoms with van der Waals surface area (Å²) in [6, 6.07) is 5.15. The van der Waals surface area contributed by atoms with Crippen LogP contribution in [-0.2, 0) is 13.5 Å². The minimum Gasteiger partial charge on any atom is -0.478 e. The highest BCUT2D eigenvalue weighted by Crippen LogP contribution is 2.17. The molecule has 2 aromatic rings. The van der Waals surface area contributed by atoms with Crippen molar-refractivity contribution in [2.75, 3.05) is 11.9 Å². The molecule has 0 radical (unpaired) electrons. The molecule has 0 spiro atoms. The van der Waals surface area contributed by atoms with E-state index in [1.165, 1.54) is 0 Å². The van der Waals surface area contributed by atoms with Crippen molar-refractivity contribution in [3.63, 3.8) is 0 Å². The van der Waals surface area contributed by atoms with Crippen LogP contribution in [0.25, 0.3) is 0 Å². The van der Waals surface area contributed by atoms with Gasteiger partial charge in [0.05, 0.1) is 5.56 Å². The van der Waals surface area contributed by atoms with E-state index in [1.807, 2.05) is 31.6 Å². The summed E-state index contributed by atoms with van der Waals surface area (Å²) in [5, 5.41) is 16.5. The first-order chi connectivity index (χ1) is 9.97. The quantitative estimate of drug-likeness (QED) is 0.852. The number of nitrogens with one attached hydrogen (secondary N) is 1. The largest absolute Gasteiger partial charge is 0.478 e. The van der Waals surface area contributed by atoms with E-state index in [0.29, 0.717) is 12.4 Å². The standard InChI is InChI=1S/C15H20N4O2/c1-10(2)13-8-11(15(20)21)9-14(18-13)16-6-4-12-5-7-17-19(12)3/h5,7-10H,4,6H2,1-3H3,(H,16,18)(H,20,21). The third kappa shape index (κ3) is 3.81. The molecule has 6 heteroatoms. The van der Waals surface area contributed by atoms with Crippen molar-refractivity contribution in [2.24, 2.45) is 7.05 Å². The first kappa shape index (κ1) is 15.0. The minimum absolute atomic E-state index is 0.182. The Morgan fingerprint density at radius 3 is 2.76 bits per heavy atom. The smallest absolute Gasteiger partial charge is 0.335 e. The van der Waals surface area contributed by atoms with Gasteiger partial charge in [-0.3, -0.25) is 4.68 Å². The molecule has 2 heterocycles. The maximum Gasteiger partial charge on any atom is 0.335 e. The van der Waals surface area contributed by atoms with Crippen LogP contribution in [0.4, 0.5) is 5.82 Å². The van der Waals surface area contributed by atoms with Crippen molar-refractivity contribution in [1.82, 2.24) is 14.8 Å². The van der Waals surface area contributed by atoms with Crippen LogP contribution in [0.5, 0.6) is 0 Å². The van der Waals surface area contributed by atoms with Gasteiger partial charge in [0.1, 0.15) is 5.82 Å². The van der Waals surface area contributed by atoms with Gasteiger partial charge in [0, 0.05) is 37.6 Å². The number of aromatic carboxylic acids is 1. The van der Waals surface area contributed by atoms with Crippen molar-refractivity contribution in [3.05, 3.63) is 41.3 Å². The lowest BCUT2D eigenvalue weighted by atomic mass is 10.1. The Labute approximate surface area is 123 Å². The summed E-state index contributed by atoms with van der Waals surface area (Å²) in [7, 11) is 1.90. The lowest BCUT2D eigenvalue weighted by Crippen LogP contribution is -2.11. The normalized spacial score (nSPS) is 10.9. The molecular formula is C15H20N4O2. The van der Waals surface area contributed by atoms with E-state index < -0.39 is 5.97 Å². The SMILES string of the molecule is CC(C)c1cc(C(=O)O)cc(NCCc2ccnn2C)n1. The average molecular weight is 288 g/mol. The second-order valence-corrected chi connectivity index (χ2v) is 5.25. The highest BCUT2D eigenvalue weighted by atomic mass is 16.4. The summed E-state index contributed by atoms with van der Waals surface area (Å²) in [6.45, 7) is 4.66. The van der Waals surface area contributed by atoms with Crippen LogP contribution in [0.1, 0.15) is 41.5 Å². The number of anilines is 1. The lowest BCUT2D eigenvalue weighted by molar-refractivity contribution is 0.0696. The van der Waals surface area contributed by atoms with Crippen LogP contribution < -0.4 is 5.32 Å². The van der Waals surface area contributed by atoms with Crippen LogP contribution in [-0.4, -0.2) is 32.4 Å². The molecule has 6 nitrogen and oxygen atoms in total. The van der Waals surface area contributed by atoms with E-state index in [2.05, 4.69) is 15.4 Å². The number of rotatable bonds is 6. The van der Waals surface area contributed by atoms with E-state index in [0.717, 1.165) is 17.8 Å². The zero-order valence-electron chi connectivity index (χ0n) is 12.5. The van der Waals surface area contributed by atoms with E-state index >= 15 is 0 Å². The maximum atomic E-state index is 11.2. The molecule has 0 saturated carbocycles. The third-order valence-corrected chi connectivity index (χ3v) is 3.29. The summed E-state index contributed by atoms with van der Waals surface area (Å²) >= 11 is 0. The van der Waals surface area contributed by atoms with Gasteiger partial charge in [-0.2, -0.15) is 5.10 Å². The monoisotopic (exact) mass is 288 g/mol. The van der Waals surface area contributed by atoms with Crippen molar-refractivity contribution in [1.29, 1.82) is 0 Å². The Kier molecular flexibility index (Phi) is 4.57. The van der Waals surface area contributed by atoms with Crippen LogP contribution >= 0.6 is 0 Å². The molecule has 0 aliphatic rings. The average Bonchev–Trinajstić information content (AvgIpc) is 2.84. The number of aryl methyl sites for hydroxylation is 1. The fraction of sp³-hybridized carbons (Fsp3) is 0.400.